The van der Waals surface area contributed by atoms with Crippen molar-refractivity contribution in [2.45, 2.75) is 24.2 Å². The van der Waals surface area contributed by atoms with Crippen molar-refractivity contribution in [2.75, 3.05) is 13.1 Å². The third kappa shape index (κ3) is 1.93. The summed E-state index contributed by atoms with van der Waals surface area (Å²) in [7, 11) is 0. The van der Waals surface area contributed by atoms with Crippen molar-refractivity contribution < 1.29 is 4.79 Å². The molecule has 2 atom stereocenters. The molecular weight excluding hydrogens is 208 g/mol. The highest BCUT2D eigenvalue weighted by Crippen LogP contribution is 2.19. The highest BCUT2D eigenvalue weighted by molar-refractivity contribution is 9.09. The van der Waals surface area contributed by atoms with Gasteiger partial charge in [-0.3, -0.25) is 4.79 Å². The predicted molar refractivity (Wildman–Crippen MR) is 47.6 cm³/mol. The molecule has 1 rings (SSSR count). The average molecular weight is 221 g/mol. The monoisotopic (exact) mass is 220 g/mol. The second kappa shape index (κ2) is 3.54. The smallest absolute Gasteiger partial charge is 0.224 e. The third-order valence-corrected chi connectivity index (χ3v) is 2.60. The topological polar surface area (TPSA) is 46.3 Å². The van der Waals surface area contributed by atoms with Gasteiger partial charge in [0.2, 0.25) is 5.91 Å². The number of hydrogen-bond donors (Lipinski definition) is 1. The number of nitrogens with two attached hydrogens (primary N) is 1. The summed E-state index contributed by atoms with van der Waals surface area (Å²) < 4.78 is 0. The van der Waals surface area contributed by atoms with Gasteiger partial charge < -0.3 is 10.6 Å². The maximum atomic E-state index is 11.2. The quantitative estimate of drug-likeness (QED) is 0.683. The Kier molecular flexibility index (Phi) is 2.90. The van der Waals surface area contributed by atoms with Gasteiger partial charge in [0.1, 0.15) is 0 Å². The number of carbonyl (C=O) groups excluding carboxylic acids is 1. The van der Waals surface area contributed by atoms with Crippen LogP contribution in [0.1, 0.15) is 13.3 Å². The molecule has 1 saturated heterocycles. The van der Waals surface area contributed by atoms with Crippen molar-refractivity contribution in [2.24, 2.45) is 5.73 Å². The Hall–Kier alpha value is -0.0900. The van der Waals surface area contributed by atoms with E-state index in [4.69, 9.17) is 5.73 Å². The first kappa shape index (κ1) is 9.00. The van der Waals surface area contributed by atoms with Gasteiger partial charge in [0.25, 0.3) is 0 Å². The van der Waals surface area contributed by atoms with Crippen molar-refractivity contribution in [3.8, 4) is 0 Å². The molecule has 3 nitrogen and oxygen atoms in total. The normalized spacial score (nSPS) is 27.7. The lowest BCUT2D eigenvalue weighted by atomic mass is 10.3. The average Bonchev–Trinajstić information content (AvgIpc) is 2.28. The van der Waals surface area contributed by atoms with Crippen LogP contribution in [0, 0.1) is 0 Å². The van der Waals surface area contributed by atoms with Crippen LogP contribution in [0.4, 0.5) is 0 Å². The first-order valence-corrected chi connectivity index (χ1v) is 4.70. The number of rotatable bonds is 2. The summed E-state index contributed by atoms with van der Waals surface area (Å²) in [6.07, 6.45) is 0.615. The minimum absolute atomic E-state index is 0.185. The van der Waals surface area contributed by atoms with E-state index in [0.717, 1.165) is 6.54 Å². The van der Waals surface area contributed by atoms with Gasteiger partial charge in [0.05, 0.1) is 0 Å². The SMILES string of the molecule is CC(CN)N1CC(Br)CC1=O. The first-order chi connectivity index (χ1) is 5.15. The largest absolute Gasteiger partial charge is 0.338 e. The van der Waals surface area contributed by atoms with Crippen LogP contribution < -0.4 is 5.73 Å². The molecule has 2 N–H and O–H groups in total. The fourth-order valence-corrected chi connectivity index (χ4v) is 1.83. The Morgan fingerprint density at radius 2 is 2.55 bits per heavy atom. The number of carbonyl (C=O) groups is 1. The van der Waals surface area contributed by atoms with E-state index < -0.39 is 0 Å². The third-order valence-electron chi connectivity index (χ3n) is 1.98. The number of amides is 1. The molecule has 0 spiro atoms. The Morgan fingerprint density at radius 1 is 1.91 bits per heavy atom. The number of hydrogen-bond acceptors (Lipinski definition) is 2. The van der Waals surface area contributed by atoms with Gasteiger partial charge >= 0.3 is 0 Å². The summed E-state index contributed by atoms with van der Waals surface area (Å²) in [6.45, 7) is 3.32. The number of likely N-dealkylation sites (tertiary alicyclic amines) is 1. The summed E-state index contributed by atoms with van der Waals surface area (Å²) in [4.78, 5) is 13.4. The molecule has 0 aromatic carbocycles. The van der Waals surface area contributed by atoms with Crippen LogP contribution in [-0.4, -0.2) is 34.8 Å². The molecule has 0 aromatic heterocycles. The maximum absolute atomic E-state index is 11.2. The van der Waals surface area contributed by atoms with Gasteiger partial charge in [-0.05, 0) is 6.92 Å². The minimum Gasteiger partial charge on any atom is -0.338 e. The summed E-state index contributed by atoms with van der Waals surface area (Å²) in [5.74, 6) is 0.213. The van der Waals surface area contributed by atoms with E-state index >= 15 is 0 Å². The van der Waals surface area contributed by atoms with E-state index in [1.165, 1.54) is 0 Å². The van der Waals surface area contributed by atoms with Gasteiger partial charge in [-0.15, -0.1) is 0 Å². The Morgan fingerprint density at radius 3 is 2.91 bits per heavy atom. The van der Waals surface area contributed by atoms with Crippen molar-refractivity contribution in [3.63, 3.8) is 0 Å². The van der Waals surface area contributed by atoms with E-state index in [9.17, 15) is 4.79 Å². The van der Waals surface area contributed by atoms with Crippen LogP contribution in [0.2, 0.25) is 0 Å². The molecule has 11 heavy (non-hydrogen) atoms. The fourth-order valence-electron chi connectivity index (χ4n) is 1.24. The van der Waals surface area contributed by atoms with Crippen LogP contribution in [0.15, 0.2) is 0 Å². The molecule has 0 bridgehead atoms. The van der Waals surface area contributed by atoms with E-state index in [1.807, 2.05) is 11.8 Å². The van der Waals surface area contributed by atoms with Crippen LogP contribution >= 0.6 is 15.9 Å². The number of halogens is 1. The number of nitrogens with zero attached hydrogens (tertiary/aromatic N) is 1. The maximum Gasteiger partial charge on any atom is 0.224 e. The molecular formula is C7H13BrN2O. The van der Waals surface area contributed by atoms with E-state index in [-0.39, 0.29) is 11.9 Å². The van der Waals surface area contributed by atoms with Crippen molar-refractivity contribution in [1.29, 1.82) is 0 Å². The molecule has 4 heteroatoms. The zero-order chi connectivity index (χ0) is 8.43. The summed E-state index contributed by atoms with van der Waals surface area (Å²) in [5, 5.41) is 0. The molecule has 0 aromatic rings. The first-order valence-electron chi connectivity index (χ1n) is 3.78. The van der Waals surface area contributed by atoms with Gasteiger partial charge in [0.15, 0.2) is 0 Å². The minimum atomic E-state index is 0.185. The molecule has 0 saturated carbocycles. The highest BCUT2D eigenvalue weighted by Gasteiger charge is 2.30. The van der Waals surface area contributed by atoms with E-state index in [1.54, 1.807) is 0 Å². The van der Waals surface area contributed by atoms with Crippen molar-refractivity contribution in [1.82, 2.24) is 4.90 Å². The van der Waals surface area contributed by atoms with Crippen LogP contribution in [-0.2, 0) is 4.79 Å². The standard InChI is InChI=1S/C7H13BrN2O/c1-5(3-9)10-4-6(8)2-7(10)11/h5-6H,2-4,9H2,1H3. The van der Waals surface area contributed by atoms with Gasteiger partial charge in [-0.25, -0.2) is 0 Å². The Balaban J connectivity index is 2.52. The molecule has 1 aliphatic rings. The lowest BCUT2D eigenvalue weighted by Gasteiger charge is -2.22. The second-order valence-electron chi connectivity index (χ2n) is 2.93. The molecule has 1 amide bonds. The molecule has 1 aliphatic heterocycles. The lowest BCUT2D eigenvalue weighted by Crippen LogP contribution is -2.39. The predicted octanol–water partition coefficient (Wildman–Crippen LogP) is 0.329. The lowest BCUT2D eigenvalue weighted by molar-refractivity contribution is -0.129. The summed E-state index contributed by atoms with van der Waals surface area (Å²) in [5.41, 5.74) is 5.45. The van der Waals surface area contributed by atoms with Gasteiger partial charge in [-0.2, -0.15) is 0 Å². The van der Waals surface area contributed by atoms with Crippen molar-refractivity contribution in [3.05, 3.63) is 0 Å². The number of alkyl halides is 1. The Bertz CT molecular complexity index is 163. The zero-order valence-electron chi connectivity index (χ0n) is 6.59. The van der Waals surface area contributed by atoms with Crippen LogP contribution in [0.3, 0.4) is 0 Å². The van der Waals surface area contributed by atoms with Crippen LogP contribution in [0.25, 0.3) is 0 Å². The summed E-state index contributed by atoms with van der Waals surface area (Å²) in [6, 6.07) is 0.185. The molecule has 1 heterocycles. The van der Waals surface area contributed by atoms with E-state index in [2.05, 4.69) is 15.9 Å². The molecule has 2 unspecified atom stereocenters. The molecule has 0 aliphatic carbocycles. The van der Waals surface area contributed by atoms with E-state index in [0.29, 0.717) is 17.8 Å². The van der Waals surface area contributed by atoms with Gasteiger partial charge in [-0.1, -0.05) is 15.9 Å². The van der Waals surface area contributed by atoms with Crippen LogP contribution in [0.5, 0.6) is 0 Å². The highest BCUT2D eigenvalue weighted by atomic mass is 79.9. The summed E-state index contributed by atoms with van der Waals surface area (Å²) >= 11 is 3.41. The van der Waals surface area contributed by atoms with Crippen molar-refractivity contribution >= 4 is 21.8 Å². The molecule has 0 radical (unpaired) electrons. The zero-order valence-corrected chi connectivity index (χ0v) is 8.17. The Labute approximate surface area is 75.1 Å². The second-order valence-corrected chi connectivity index (χ2v) is 4.23. The van der Waals surface area contributed by atoms with Gasteiger partial charge in [0, 0.05) is 30.4 Å². The molecule has 64 valence electrons. The fraction of sp³-hybridized carbons (Fsp3) is 0.857. The molecule has 1 fully saturated rings.